The number of rotatable bonds is 7. The van der Waals surface area contributed by atoms with E-state index in [9.17, 15) is 22.8 Å². The maximum Gasteiger partial charge on any atom is 0.522 e. The predicted octanol–water partition coefficient (Wildman–Crippen LogP) is 3.96. The topological polar surface area (TPSA) is 93.0 Å². The summed E-state index contributed by atoms with van der Waals surface area (Å²) in [5.41, 5.74) is 0.695. The zero-order valence-corrected chi connectivity index (χ0v) is 19.0. The largest absolute Gasteiger partial charge is 0.522 e. The van der Waals surface area contributed by atoms with E-state index in [4.69, 9.17) is 20.8 Å². The third-order valence-corrected chi connectivity index (χ3v) is 6.13. The minimum absolute atomic E-state index is 0.0945. The molecule has 4 rings (SSSR count). The summed E-state index contributed by atoms with van der Waals surface area (Å²) in [5.74, 6) is 0.295. The first-order chi connectivity index (χ1) is 16.1. The molecule has 0 spiro atoms. The van der Waals surface area contributed by atoms with E-state index in [1.165, 1.54) is 0 Å². The highest BCUT2D eigenvalue weighted by Gasteiger charge is 2.40. The summed E-state index contributed by atoms with van der Waals surface area (Å²) in [4.78, 5) is 26.2. The van der Waals surface area contributed by atoms with Crippen LogP contribution in [0.4, 0.5) is 18.0 Å². The van der Waals surface area contributed by atoms with E-state index in [-0.39, 0.29) is 44.0 Å². The van der Waals surface area contributed by atoms with Gasteiger partial charge < -0.3 is 24.7 Å². The smallest absolute Gasteiger partial charge is 0.459 e. The van der Waals surface area contributed by atoms with Gasteiger partial charge in [-0.05, 0) is 37.1 Å². The fourth-order valence-electron chi connectivity index (χ4n) is 4.06. The van der Waals surface area contributed by atoms with Crippen molar-refractivity contribution in [3.8, 4) is 0 Å². The first-order valence-electron chi connectivity index (χ1n) is 11.0. The van der Waals surface area contributed by atoms with Crippen molar-refractivity contribution in [2.45, 2.75) is 56.8 Å². The van der Waals surface area contributed by atoms with Crippen LogP contribution >= 0.6 is 11.6 Å². The van der Waals surface area contributed by atoms with Crippen LogP contribution in [0.2, 0.25) is 5.02 Å². The van der Waals surface area contributed by atoms with Crippen molar-refractivity contribution in [1.82, 2.24) is 15.5 Å². The van der Waals surface area contributed by atoms with Crippen LogP contribution in [0.15, 0.2) is 28.7 Å². The Hall–Kier alpha value is -2.50. The lowest BCUT2D eigenvalue weighted by atomic mass is 9.92. The zero-order valence-electron chi connectivity index (χ0n) is 18.2. The van der Waals surface area contributed by atoms with Gasteiger partial charge in [0.2, 0.25) is 5.91 Å². The predicted molar refractivity (Wildman–Crippen MR) is 116 cm³/mol. The van der Waals surface area contributed by atoms with E-state index in [0.717, 1.165) is 5.39 Å². The number of carbonyl (C=O) groups is 2. The van der Waals surface area contributed by atoms with Crippen molar-refractivity contribution in [2.75, 3.05) is 19.7 Å². The van der Waals surface area contributed by atoms with E-state index >= 15 is 0 Å². The second-order valence-corrected chi connectivity index (χ2v) is 8.91. The van der Waals surface area contributed by atoms with Gasteiger partial charge >= 0.3 is 12.4 Å². The molecule has 1 aliphatic heterocycles. The van der Waals surface area contributed by atoms with Crippen LogP contribution in [0.3, 0.4) is 0 Å². The molecule has 0 radical (unpaired) electrons. The van der Waals surface area contributed by atoms with Crippen LogP contribution in [0.25, 0.3) is 11.0 Å². The van der Waals surface area contributed by atoms with Gasteiger partial charge in [0, 0.05) is 42.4 Å². The lowest BCUT2D eigenvalue weighted by Gasteiger charge is -2.35. The van der Waals surface area contributed by atoms with Crippen molar-refractivity contribution < 1.29 is 36.7 Å². The van der Waals surface area contributed by atoms with Crippen LogP contribution in [0.1, 0.15) is 31.4 Å². The molecule has 12 heteroatoms. The standard InChI is InChI=1S/C22H25ClF3N3O5/c23-14-1-2-19-13(7-14)8-18(33-19)11-27-21(31)29-5-3-15(4-6-29)28-20(30)12-32-16-9-17(10-16)34-22(24,25)26/h1-2,7-8,15-17H,3-6,9-12H2,(H,27,31)(H,28,30). The van der Waals surface area contributed by atoms with Crippen LogP contribution in [0, 0.1) is 0 Å². The number of urea groups is 1. The monoisotopic (exact) mass is 503 g/mol. The summed E-state index contributed by atoms with van der Waals surface area (Å²) in [6, 6.07) is 6.83. The maximum absolute atomic E-state index is 12.5. The second kappa shape index (κ2) is 10.4. The molecule has 186 valence electrons. The second-order valence-electron chi connectivity index (χ2n) is 8.47. The molecule has 1 aromatic heterocycles. The Bertz CT molecular complexity index is 1020. The number of benzene rings is 1. The van der Waals surface area contributed by atoms with Gasteiger partial charge in [-0.3, -0.25) is 9.53 Å². The Morgan fingerprint density at radius 1 is 1.15 bits per heavy atom. The number of piperidine rings is 1. The molecular formula is C22H25ClF3N3O5. The number of hydrogen-bond acceptors (Lipinski definition) is 5. The van der Waals surface area contributed by atoms with Gasteiger partial charge in [-0.15, -0.1) is 13.2 Å². The highest BCUT2D eigenvalue weighted by molar-refractivity contribution is 6.31. The van der Waals surface area contributed by atoms with Gasteiger partial charge in [0.15, 0.2) is 0 Å². The molecule has 8 nitrogen and oxygen atoms in total. The van der Waals surface area contributed by atoms with E-state index < -0.39 is 18.6 Å². The molecule has 0 bridgehead atoms. The van der Waals surface area contributed by atoms with Gasteiger partial charge in [-0.25, -0.2) is 4.79 Å². The fourth-order valence-corrected chi connectivity index (χ4v) is 4.24. The van der Waals surface area contributed by atoms with E-state index in [1.54, 1.807) is 23.1 Å². The van der Waals surface area contributed by atoms with Crippen molar-refractivity contribution in [3.05, 3.63) is 35.0 Å². The highest BCUT2D eigenvalue weighted by Crippen LogP contribution is 2.32. The average molecular weight is 504 g/mol. The Morgan fingerprint density at radius 2 is 1.88 bits per heavy atom. The van der Waals surface area contributed by atoms with Gasteiger partial charge in [-0.2, -0.15) is 0 Å². The molecule has 2 aliphatic rings. The van der Waals surface area contributed by atoms with E-state index in [0.29, 0.717) is 42.3 Å². The van der Waals surface area contributed by atoms with Gasteiger partial charge in [0.1, 0.15) is 18.0 Å². The first kappa shape index (κ1) is 24.6. The number of nitrogens with zero attached hydrogens (tertiary/aromatic N) is 1. The minimum atomic E-state index is -4.65. The molecule has 3 amide bonds. The summed E-state index contributed by atoms with van der Waals surface area (Å²) < 4.78 is 51.3. The van der Waals surface area contributed by atoms with E-state index in [1.807, 2.05) is 6.07 Å². The van der Waals surface area contributed by atoms with Crippen LogP contribution < -0.4 is 10.6 Å². The first-order valence-corrected chi connectivity index (χ1v) is 11.4. The van der Waals surface area contributed by atoms with Crippen LogP contribution in [0.5, 0.6) is 0 Å². The third kappa shape index (κ3) is 6.77. The number of likely N-dealkylation sites (tertiary alicyclic amines) is 1. The molecule has 1 saturated heterocycles. The average Bonchev–Trinajstić information content (AvgIpc) is 3.15. The molecule has 0 atom stereocenters. The molecule has 0 unspecified atom stereocenters. The number of fused-ring (bicyclic) bond motifs is 1. The maximum atomic E-state index is 12.5. The minimum Gasteiger partial charge on any atom is -0.459 e. The lowest BCUT2D eigenvalue weighted by Crippen LogP contribution is -2.50. The number of amides is 3. The summed E-state index contributed by atoms with van der Waals surface area (Å²) in [5, 5.41) is 7.16. The number of ether oxygens (including phenoxy) is 2. The Kier molecular flexibility index (Phi) is 7.54. The Labute approximate surface area is 198 Å². The van der Waals surface area contributed by atoms with Gasteiger partial charge in [0.25, 0.3) is 0 Å². The normalized spacial score (nSPS) is 21.4. The van der Waals surface area contributed by atoms with Gasteiger partial charge in [-0.1, -0.05) is 11.6 Å². The molecule has 2 N–H and O–H groups in total. The summed E-state index contributed by atoms with van der Waals surface area (Å²) in [6.07, 6.45) is -4.56. The molecule has 2 heterocycles. The van der Waals surface area contributed by atoms with Crippen molar-refractivity contribution in [2.24, 2.45) is 0 Å². The fraction of sp³-hybridized carbons (Fsp3) is 0.545. The zero-order chi connectivity index (χ0) is 24.3. The van der Waals surface area contributed by atoms with Crippen LogP contribution in [-0.4, -0.2) is 61.1 Å². The summed E-state index contributed by atoms with van der Waals surface area (Å²) >= 11 is 5.98. The highest BCUT2D eigenvalue weighted by atomic mass is 35.5. The Balaban J connectivity index is 1.11. The molecule has 2 aromatic rings. The van der Waals surface area contributed by atoms with Crippen molar-refractivity contribution in [1.29, 1.82) is 0 Å². The number of furan rings is 1. The molecule has 1 aliphatic carbocycles. The number of hydrogen-bond donors (Lipinski definition) is 2. The molecular weight excluding hydrogens is 479 g/mol. The number of nitrogens with one attached hydrogen (secondary N) is 2. The summed E-state index contributed by atoms with van der Waals surface area (Å²) in [7, 11) is 0. The number of alkyl halides is 3. The summed E-state index contributed by atoms with van der Waals surface area (Å²) in [6.45, 7) is 0.987. The van der Waals surface area contributed by atoms with Crippen molar-refractivity contribution in [3.63, 3.8) is 0 Å². The quantitative estimate of drug-likeness (QED) is 0.596. The van der Waals surface area contributed by atoms with E-state index in [2.05, 4.69) is 15.4 Å². The lowest BCUT2D eigenvalue weighted by molar-refractivity contribution is -0.357. The van der Waals surface area contributed by atoms with Crippen molar-refractivity contribution >= 4 is 34.5 Å². The molecule has 1 saturated carbocycles. The Morgan fingerprint density at radius 3 is 2.59 bits per heavy atom. The van der Waals surface area contributed by atoms with Crippen LogP contribution in [-0.2, 0) is 20.8 Å². The molecule has 2 fully saturated rings. The molecule has 1 aromatic carbocycles. The third-order valence-electron chi connectivity index (χ3n) is 5.89. The molecule has 34 heavy (non-hydrogen) atoms. The van der Waals surface area contributed by atoms with Gasteiger partial charge in [0.05, 0.1) is 18.8 Å². The number of halogens is 4. The number of carbonyl (C=O) groups excluding carboxylic acids is 2. The SMILES string of the molecule is O=C(COC1CC(OC(F)(F)F)C1)NC1CCN(C(=O)NCc2cc3cc(Cl)ccc3o2)CC1.